The van der Waals surface area contributed by atoms with Crippen LogP contribution in [0.2, 0.25) is 0 Å². The molecule has 0 aromatic heterocycles. The van der Waals surface area contributed by atoms with Gasteiger partial charge in [0.2, 0.25) is 23.1 Å². The van der Waals surface area contributed by atoms with Crippen molar-refractivity contribution < 1.29 is 108 Å². The van der Waals surface area contributed by atoms with Gasteiger partial charge in [-0.2, -0.15) is 52.0 Å². The summed E-state index contributed by atoms with van der Waals surface area (Å²) in [5.74, 6) is -25.3. The first kappa shape index (κ1) is 39.3. The second-order valence-corrected chi connectivity index (χ2v) is 13.7. The number of alkyl halides is 6. The van der Waals surface area contributed by atoms with E-state index in [1.165, 1.54) is 0 Å². The summed E-state index contributed by atoms with van der Waals surface area (Å²) in [5.41, 5.74) is -21.2. The Balaban J connectivity index is 1.86. The zero-order valence-corrected chi connectivity index (χ0v) is 26.8. The van der Waals surface area contributed by atoms with Crippen molar-refractivity contribution >= 4 is 44.1 Å². The van der Waals surface area contributed by atoms with Gasteiger partial charge in [0, 0.05) is 11.1 Å². The lowest BCUT2D eigenvalue weighted by Gasteiger charge is -2.37. The molecule has 0 saturated heterocycles. The van der Waals surface area contributed by atoms with Crippen LogP contribution in [-0.2, 0) is 40.2 Å². The lowest BCUT2D eigenvalue weighted by atomic mass is 9.76. The molecule has 3 aromatic carbocycles. The molecule has 27 heteroatoms. The van der Waals surface area contributed by atoms with Crippen molar-refractivity contribution in [2.75, 3.05) is 13.1 Å². The molecule has 54 heavy (non-hydrogen) atoms. The minimum atomic E-state index is -6.93. The summed E-state index contributed by atoms with van der Waals surface area (Å²) < 4.78 is 205. The Morgan fingerprint density at radius 1 is 0.722 bits per heavy atom. The van der Waals surface area contributed by atoms with Crippen LogP contribution < -0.4 is 13.1 Å². The Morgan fingerprint density at radius 2 is 1.15 bits per heavy atom. The number of esters is 1. The number of carbonyl (C=O) groups is 4. The molecule has 2 heterocycles. The molecule has 0 fully saturated rings. The van der Waals surface area contributed by atoms with Crippen LogP contribution in [0.4, 0.5) is 43.9 Å². The number of amides is 1. The number of halogens is 10. The maximum atomic E-state index is 15.9. The highest BCUT2D eigenvalue weighted by Gasteiger charge is 2.58. The van der Waals surface area contributed by atoms with E-state index >= 15 is 17.6 Å². The molecule has 1 spiro atoms. The van der Waals surface area contributed by atoms with Crippen LogP contribution in [0, 0.1) is 23.3 Å². The van der Waals surface area contributed by atoms with Gasteiger partial charge in [0.05, 0.1) is 16.7 Å². The topological polar surface area (TPSA) is 217 Å². The van der Waals surface area contributed by atoms with Gasteiger partial charge in [-0.25, -0.2) is 13.6 Å². The van der Waals surface area contributed by atoms with Crippen molar-refractivity contribution in [3.8, 4) is 23.0 Å². The van der Waals surface area contributed by atoms with Gasteiger partial charge in [0.25, 0.3) is 5.91 Å². The van der Waals surface area contributed by atoms with Crippen LogP contribution in [0.3, 0.4) is 0 Å². The summed E-state index contributed by atoms with van der Waals surface area (Å²) in [6, 6.07) is 1.64. The summed E-state index contributed by atoms with van der Waals surface area (Å²) in [5, 5.41) is 18.3. The Hall–Kier alpha value is -5.86. The SMILES string of the molecule is O=C(O)CN(CC(=O)O)C(=O)c1ccc2c(c1)C1(OC2=O)c2cc(F)c(OS(=O)(=O)C(F)(F)F)c(F)c2Oc2c1cc(F)c(OS(=O)(=O)C(F)(F)F)c2F. The van der Waals surface area contributed by atoms with Crippen LogP contribution in [0.25, 0.3) is 0 Å². The monoisotopic (exact) mass is 827 g/mol. The van der Waals surface area contributed by atoms with Gasteiger partial charge >= 0.3 is 49.2 Å². The summed E-state index contributed by atoms with van der Waals surface area (Å²) >= 11 is 0. The molecule has 1 amide bonds. The van der Waals surface area contributed by atoms with Gasteiger partial charge < -0.3 is 33.0 Å². The summed E-state index contributed by atoms with van der Waals surface area (Å²) in [4.78, 5) is 49.3. The highest BCUT2D eigenvalue weighted by atomic mass is 32.2. The summed E-state index contributed by atoms with van der Waals surface area (Å²) in [7, 11) is -13.9. The Morgan fingerprint density at radius 3 is 1.54 bits per heavy atom. The second kappa shape index (κ2) is 12.6. The van der Waals surface area contributed by atoms with Gasteiger partial charge in [0.15, 0.2) is 28.7 Å². The molecule has 15 nitrogen and oxygen atoms in total. The van der Waals surface area contributed by atoms with Gasteiger partial charge in [-0.05, 0) is 30.3 Å². The number of hydrogen-bond acceptors (Lipinski definition) is 12. The predicted molar refractivity (Wildman–Crippen MR) is 147 cm³/mol. The highest BCUT2D eigenvalue weighted by molar-refractivity contribution is 7.88. The standard InChI is InChI=1S/C27H11F10NO14S2/c28-13-4-11-19(17(30)21(13)51-53(45,46)26(32,33)34)49-20-12(5-14(29)22(18(20)31)52-54(47,48)27(35,36)37)25(11)10-3-8(1-2-9(10)24(44)50-25)23(43)38(6-15(39)40)7-16(41)42/h1-5H,6-7H2,(H,39,40)(H,41,42). The Bertz CT molecular complexity index is 2290. The van der Waals surface area contributed by atoms with Crippen molar-refractivity contribution in [3.05, 3.63) is 81.4 Å². The molecular formula is C27H11F10NO14S2. The number of carboxylic acids is 2. The van der Waals surface area contributed by atoms with Crippen molar-refractivity contribution in [3.63, 3.8) is 0 Å². The third kappa shape index (κ3) is 6.30. The first-order valence-corrected chi connectivity index (χ1v) is 16.3. The molecule has 2 aliphatic rings. The molecule has 0 bridgehead atoms. The van der Waals surface area contributed by atoms with E-state index in [1.54, 1.807) is 0 Å². The molecule has 5 rings (SSSR count). The highest BCUT2D eigenvalue weighted by Crippen LogP contribution is 2.60. The summed E-state index contributed by atoms with van der Waals surface area (Å²) in [6.45, 7) is -2.58. The lowest BCUT2D eigenvalue weighted by molar-refractivity contribution is -0.140. The fraction of sp³-hybridized carbons (Fsp3) is 0.185. The first-order valence-electron chi connectivity index (χ1n) is 13.5. The van der Waals surface area contributed by atoms with E-state index in [2.05, 4.69) is 8.37 Å². The number of hydrogen-bond donors (Lipinski definition) is 2. The molecule has 0 aliphatic carbocycles. The third-order valence-corrected chi connectivity index (χ3v) is 9.14. The van der Waals surface area contributed by atoms with Gasteiger partial charge in [0.1, 0.15) is 13.1 Å². The molecule has 0 saturated carbocycles. The van der Waals surface area contributed by atoms with Crippen LogP contribution in [-0.4, -0.2) is 79.9 Å². The number of carbonyl (C=O) groups excluding carboxylic acids is 2. The normalized spacial score (nSPS) is 14.7. The smallest absolute Gasteiger partial charge is 0.480 e. The number of fused-ring (bicyclic) bond motifs is 6. The van der Waals surface area contributed by atoms with Crippen LogP contribution >= 0.6 is 0 Å². The largest absolute Gasteiger partial charge is 0.534 e. The van der Waals surface area contributed by atoms with Crippen molar-refractivity contribution in [2.24, 2.45) is 0 Å². The first-order chi connectivity index (χ1) is 24.6. The average molecular weight is 827 g/mol. The summed E-state index contributed by atoms with van der Waals surface area (Å²) in [6.07, 6.45) is 0. The zero-order valence-electron chi connectivity index (χ0n) is 25.1. The fourth-order valence-corrected chi connectivity index (χ4v) is 6.04. The van der Waals surface area contributed by atoms with Crippen LogP contribution in [0.5, 0.6) is 23.0 Å². The Labute approximate surface area is 291 Å². The second-order valence-electron chi connectivity index (χ2n) is 10.6. The Kier molecular flexibility index (Phi) is 9.20. The molecule has 290 valence electrons. The average Bonchev–Trinajstić information content (AvgIpc) is 3.32. The molecule has 0 unspecified atom stereocenters. The fourth-order valence-electron chi connectivity index (χ4n) is 5.11. The van der Waals surface area contributed by atoms with E-state index in [-0.39, 0.29) is 17.0 Å². The molecule has 2 N–H and O–H groups in total. The third-order valence-electron chi connectivity index (χ3n) is 7.23. The van der Waals surface area contributed by atoms with Crippen molar-refractivity contribution in [1.82, 2.24) is 4.90 Å². The van der Waals surface area contributed by atoms with Crippen LogP contribution in [0.15, 0.2) is 30.3 Å². The number of carboxylic acid groups (broad SMARTS) is 2. The van der Waals surface area contributed by atoms with Gasteiger partial charge in [-0.15, -0.1) is 0 Å². The quantitative estimate of drug-likeness (QED) is 0.136. The van der Waals surface area contributed by atoms with E-state index in [0.29, 0.717) is 12.1 Å². The number of aliphatic carboxylic acids is 2. The molecule has 3 aromatic rings. The van der Waals surface area contributed by atoms with Crippen LogP contribution in [0.1, 0.15) is 37.4 Å². The molecule has 0 radical (unpaired) electrons. The lowest BCUT2D eigenvalue weighted by Crippen LogP contribution is -2.39. The minimum absolute atomic E-state index is 0.144. The van der Waals surface area contributed by atoms with Gasteiger partial charge in [-0.3, -0.25) is 14.4 Å². The zero-order chi connectivity index (χ0) is 40.7. The van der Waals surface area contributed by atoms with E-state index in [0.717, 1.165) is 6.07 Å². The number of ether oxygens (including phenoxy) is 2. The maximum Gasteiger partial charge on any atom is 0.534 e. The number of benzene rings is 3. The molecular weight excluding hydrogens is 816 g/mol. The van der Waals surface area contributed by atoms with E-state index in [4.69, 9.17) is 19.7 Å². The molecule has 0 atom stereocenters. The predicted octanol–water partition coefficient (Wildman–Crippen LogP) is 3.88. The van der Waals surface area contributed by atoms with E-state index in [9.17, 15) is 62.4 Å². The van der Waals surface area contributed by atoms with E-state index < -0.39 is 148 Å². The van der Waals surface area contributed by atoms with Crippen molar-refractivity contribution in [1.29, 1.82) is 0 Å². The minimum Gasteiger partial charge on any atom is -0.480 e. The molecule has 2 aliphatic heterocycles. The van der Waals surface area contributed by atoms with Gasteiger partial charge in [-0.1, -0.05) is 0 Å². The number of rotatable bonds is 9. The maximum absolute atomic E-state index is 15.9. The number of nitrogens with zero attached hydrogens (tertiary/aromatic N) is 1. The van der Waals surface area contributed by atoms with Crippen molar-refractivity contribution in [2.45, 2.75) is 16.6 Å². The van der Waals surface area contributed by atoms with E-state index in [1.807, 2.05) is 0 Å².